The molecule has 0 aromatic heterocycles. The summed E-state index contributed by atoms with van der Waals surface area (Å²) in [5.41, 5.74) is 9.11. The summed E-state index contributed by atoms with van der Waals surface area (Å²) in [7, 11) is 1.74. The monoisotopic (exact) mass is 277 g/mol. The lowest BCUT2D eigenvalue weighted by atomic mass is 9.81. The van der Waals surface area contributed by atoms with Gasteiger partial charge in [-0.05, 0) is 29.4 Å². The highest BCUT2D eigenvalue weighted by atomic mass is 16.5. The number of hydrogen-bond donors (Lipinski definition) is 1. The van der Waals surface area contributed by atoms with E-state index < -0.39 is 0 Å². The standard InChI is InChI=1S/C17H27NO2/c1-17(2,3)16(19-4)14(18)11-15-13-8-6-5-7-12(13)9-10-20-15/h5-8,14-16H,9-11,18H2,1-4H3. The number of benzene rings is 1. The Morgan fingerprint density at radius 2 is 2.05 bits per heavy atom. The van der Waals surface area contributed by atoms with Gasteiger partial charge in [0.2, 0.25) is 0 Å². The molecule has 0 saturated heterocycles. The Balaban J connectivity index is 2.11. The molecule has 3 atom stereocenters. The largest absolute Gasteiger partial charge is 0.379 e. The Morgan fingerprint density at radius 1 is 1.35 bits per heavy atom. The lowest BCUT2D eigenvalue weighted by Crippen LogP contribution is -2.46. The van der Waals surface area contributed by atoms with Gasteiger partial charge >= 0.3 is 0 Å². The predicted octanol–water partition coefficient (Wildman–Crippen LogP) is 3.08. The molecular formula is C17H27NO2. The van der Waals surface area contributed by atoms with Crippen molar-refractivity contribution in [3.8, 4) is 0 Å². The van der Waals surface area contributed by atoms with Crippen LogP contribution in [0.3, 0.4) is 0 Å². The van der Waals surface area contributed by atoms with Crippen molar-refractivity contribution in [3.05, 3.63) is 35.4 Å². The third kappa shape index (κ3) is 3.40. The normalized spacial score (nSPS) is 22.1. The number of methoxy groups -OCH3 is 1. The zero-order chi connectivity index (χ0) is 14.8. The Kier molecular flexibility index (Phi) is 4.84. The fourth-order valence-electron chi connectivity index (χ4n) is 3.21. The van der Waals surface area contributed by atoms with Crippen LogP contribution < -0.4 is 5.73 Å². The quantitative estimate of drug-likeness (QED) is 0.920. The van der Waals surface area contributed by atoms with Gasteiger partial charge in [0.25, 0.3) is 0 Å². The van der Waals surface area contributed by atoms with E-state index in [1.807, 2.05) is 0 Å². The maximum absolute atomic E-state index is 6.40. The summed E-state index contributed by atoms with van der Waals surface area (Å²) in [5, 5.41) is 0. The summed E-state index contributed by atoms with van der Waals surface area (Å²) >= 11 is 0. The zero-order valence-corrected chi connectivity index (χ0v) is 13.1. The van der Waals surface area contributed by atoms with E-state index in [2.05, 4.69) is 45.0 Å². The van der Waals surface area contributed by atoms with E-state index in [0.717, 1.165) is 19.4 Å². The lowest BCUT2D eigenvalue weighted by molar-refractivity contribution is -0.0286. The molecule has 3 unspecified atom stereocenters. The maximum Gasteiger partial charge on any atom is 0.0843 e. The molecule has 0 saturated carbocycles. The molecule has 3 nitrogen and oxygen atoms in total. The zero-order valence-electron chi connectivity index (χ0n) is 13.1. The van der Waals surface area contributed by atoms with E-state index in [9.17, 15) is 0 Å². The first-order valence-electron chi connectivity index (χ1n) is 7.41. The van der Waals surface area contributed by atoms with Gasteiger partial charge in [-0.3, -0.25) is 0 Å². The molecule has 0 bridgehead atoms. The van der Waals surface area contributed by atoms with Crippen LogP contribution in [0.5, 0.6) is 0 Å². The van der Waals surface area contributed by atoms with Crippen molar-refractivity contribution in [1.82, 2.24) is 0 Å². The van der Waals surface area contributed by atoms with Gasteiger partial charge in [0.1, 0.15) is 0 Å². The van der Waals surface area contributed by atoms with Crippen molar-refractivity contribution in [1.29, 1.82) is 0 Å². The van der Waals surface area contributed by atoms with E-state index in [0.29, 0.717) is 0 Å². The van der Waals surface area contributed by atoms with Gasteiger partial charge in [0, 0.05) is 13.2 Å². The molecule has 20 heavy (non-hydrogen) atoms. The lowest BCUT2D eigenvalue weighted by Gasteiger charge is -2.36. The van der Waals surface area contributed by atoms with Crippen LogP contribution in [0.2, 0.25) is 0 Å². The molecule has 0 amide bonds. The minimum Gasteiger partial charge on any atom is -0.379 e. The van der Waals surface area contributed by atoms with Crippen LogP contribution in [0.1, 0.15) is 44.4 Å². The molecule has 1 aromatic rings. The first-order valence-corrected chi connectivity index (χ1v) is 7.41. The van der Waals surface area contributed by atoms with Crippen molar-refractivity contribution in [3.63, 3.8) is 0 Å². The number of nitrogens with two attached hydrogens (primary N) is 1. The highest BCUT2D eigenvalue weighted by molar-refractivity contribution is 5.31. The van der Waals surface area contributed by atoms with Crippen molar-refractivity contribution in [2.45, 2.75) is 51.9 Å². The van der Waals surface area contributed by atoms with Gasteiger partial charge in [-0.15, -0.1) is 0 Å². The van der Waals surface area contributed by atoms with Crippen molar-refractivity contribution < 1.29 is 9.47 Å². The Labute approximate surface area is 122 Å². The summed E-state index contributed by atoms with van der Waals surface area (Å²) < 4.78 is 11.6. The van der Waals surface area contributed by atoms with E-state index in [1.54, 1.807) is 7.11 Å². The topological polar surface area (TPSA) is 44.5 Å². The van der Waals surface area contributed by atoms with E-state index >= 15 is 0 Å². The summed E-state index contributed by atoms with van der Waals surface area (Å²) in [6.07, 6.45) is 1.91. The van der Waals surface area contributed by atoms with E-state index in [-0.39, 0.29) is 23.7 Å². The Morgan fingerprint density at radius 3 is 2.70 bits per heavy atom. The molecule has 1 aromatic carbocycles. The predicted molar refractivity (Wildman–Crippen MR) is 81.7 cm³/mol. The second-order valence-corrected chi connectivity index (χ2v) is 6.73. The fourth-order valence-corrected chi connectivity index (χ4v) is 3.21. The van der Waals surface area contributed by atoms with Crippen LogP contribution in [0.4, 0.5) is 0 Å². The number of ether oxygens (including phenoxy) is 2. The minimum atomic E-state index is -0.0313. The molecule has 0 aliphatic carbocycles. The smallest absolute Gasteiger partial charge is 0.0843 e. The molecule has 112 valence electrons. The second kappa shape index (κ2) is 6.25. The molecule has 2 N–H and O–H groups in total. The van der Waals surface area contributed by atoms with Crippen molar-refractivity contribution in [2.24, 2.45) is 11.1 Å². The molecule has 3 heteroatoms. The van der Waals surface area contributed by atoms with Crippen LogP contribution in [-0.2, 0) is 15.9 Å². The Bertz CT molecular complexity index is 439. The number of fused-ring (bicyclic) bond motifs is 1. The van der Waals surface area contributed by atoms with Crippen LogP contribution in [-0.4, -0.2) is 25.9 Å². The van der Waals surface area contributed by atoms with Crippen LogP contribution in [0, 0.1) is 5.41 Å². The summed E-state index contributed by atoms with van der Waals surface area (Å²) in [6.45, 7) is 7.27. The van der Waals surface area contributed by atoms with E-state index in [1.165, 1.54) is 11.1 Å². The molecule has 0 radical (unpaired) electrons. The molecule has 1 aliphatic heterocycles. The first-order chi connectivity index (χ1) is 9.43. The third-order valence-electron chi connectivity index (χ3n) is 4.08. The fraction of sp³-hybridized carbons (Fsp3) is 0.647. The Hall–Kier alpha value is -0.900. The van der Waals surface area contributed by atoms with Crippen LogP contribution in [0.25, 0.3) is 0 Å². The number of rotatable bonds is 4. The van der Waals surface area contributed by atoms with Crippen LogP contribution in [0.15, 0.2) is 24.3 Å². The SMILES string of the molecule is COC(C(N)CC1OCCc2ccccc21)C(C)(C)C. The average Bonchev–Trinajstić information content (AvgIpc) is 2.38. The molecule has 2 rings (SSSR count). The molecular weight excluding hydrogens is 250 g/mol. The van der Waals surface area contributed by atoms with Gasteiger partial charge in [0.05, 0.1) is 18.8 Å². The van der Waals surface area contributed by atoms with Gasteiger partial charge in [0.15, 0.2) is 0 Å². The average molecular weight is 277 g/mol. The van der Waals surface area contributed by atoms with Crippen LogP contribution >= 0.6 is 0 Å². The molecule has 0 spiro atoms. The first kappa shape index (κ1) is 15.5. The summed E-state index contributed by atoms with van der Waals surface area (Å²) in [5.74, 6) is 0. The van der Waals surface area contributed by atoms with Crippen molar-refractivity contribution >= 4 is 0 Å². The minimum absolute atomic E-state index is 0.0280. The highest BCUT2D eigenvalue weighted by Gasteiger charge is 2.33. The number of hydrogen-bond acceptors (Lipinski definition) is 3. The van der Waals surface area contributed by atoms with Crippen molar-refractivity contribution in [2.75, 3.05) is 13.7 Å². The molecule has 0 fully saturated rings. The maximum atomic E-state index is 6.40. The third-order valence-corrected chi connectivity index (χ3v) is 4.08. The van der Waals surface area contributed by atoms with Gasteiger partial charge in [-0.1, -0.05) is 45.0 Å². The van der Waals surface area contributed by atoms with Gasteiger partial charge in [-0.25, -0.2) is 0 Å². The van der Waals surface area contributed by atoms with E-state index in [4.69, 9.17) is 15.2 Å². The second-order valence-electron chi connectivity index (χ2n) is 6.73. The van der Waals surface area contributed by atoms with Gasteiger partial charge < -0.3 is 15.2 Å². The molecule has 1 aliphatic rings. The summed E-state index contributed by atoms with van der Waals surface area (Å²) in [4.78, 5) is 0. The molecule has 1 heterocycles. The summed E-state index contributed by atoms with van der Waals surface area (Å²) in [6, 6.07) is 8.48. The highest BCUT2D eigenvalue weighted by Crippen LogP contribution is 2.33. The van der Waals surface area contributed by atoms with Gasteiger partial charge in [-0.2, -0.15) is 0 Å².